The van der Waals surface area contributed by atoms with Crippen LogP contribution in [0.25, 0.3) is 11.4 Å². The first kappa shape index (κ1) is 23.1. The van der Waals surface area contributed by atoms with E-state index in [1.807, 2.05) is 25.2 Å². The predicted molar refractivity (Wildman–Crippen MR) is 125 cm³/mol. The molecule has 1 aromatic heterocycles. The van der Waals surface area contributed by atoms with E-state index in [-0.39, 0.29) is 29.4 Å². The van der Waals surface area contributed by atoms with E-state index in [0.717, 1.165) is 23.3 Å². The Morgan fingerprint density at radius 2 is 1.85 bits per heavy atom. The molecule has 0 unspecified atom stereocenters. The zero-order chi connectivity index (χ0) is 23.4. The van der Waals surface area contributed by atoms with E-state index in [1.54, 1.807) is 16.7 Å². The van der Waals surface area contributed by atoms with E-state index in [9.17, 15) is 9.18 Å². The van der Waals surface area contributed by atoms with Crippen molar-refractivity contribution in [1.82, 2.24) is 20.1 Å². The second kappa shape index (κ2) is 10.2. The Morgan fingerprint density at radius 1 is 1.12 bits per heavy atom. The fraction of sp³-hybridized carbons (Fsp3) is 0.375. The average molecular weight is 471 g/mol. The summed E-state index contributed by atoms with van der Waals surface area (Å²) in [7, 11) is 1.83. The number of ether oxygens (including phenoxy) is 2. The van der Waals surface area contributed by atoms with Crippen LogP contribution in [-0.4, -0.2) is 39.6 Å². The topological polar surface area (TPSA) is 78.3 Å². The summed E-state index contributed by atoms with van der Waals surface area (Å²) in [6, 6.07) is 11.8. The summed E-state index contributed by atoms with van der Waals surface area (Å²) in [6.07, 6.45) is 0.844. The molecule has 0 bridgehead atoms. The molecule has 4 rings (SSSR count). The van der Waals surface area contributed by atoms with Crippen molar-refractivity contribution in [1.29, 1.82) is 0 Å². The molecule has 0 fully saturated rings. The molecule has 0 spiro atoms. The second-order valence-electron chi connectivity index (χ2n) is 8.21. The van der Waals surface area contributed by atoms with Gasteiger partial charge >= 0.3 is 0 Å². The minimum absolute atomic E-state index is 0.0999. The first-order valence-corrected chi connectivity index (χ1v) is 11.9. The van der Waals surface area contributed by atoms with Crippen LogP contribution >= 0.6 is 11.8 Å². The third kappa shape index (κ3) is 5.47. The van der Waals surface area contributed by atoms with Crippen molar-refractivity contribution in [3.05, 3.63) is 53.8 Å². The maximum Gasteiger partial charge on any atom is 0.230 e. The highest BCUT2D eigenvalue weighted by Gasteiger charge is 2.22. The molecule has 0 aliphatic carbocycles. The molecule has 7 nitrogen and oxygen atoms in total. The zero-order valence-electron chi connectivity index (χ0n) is 18.9. The minimum atomic E-state index is -0.305. The Bertz CT molecular complexity index is 1120. The Balaban J connectivity index is 1.41. The first-order valence-electron chi connectivity index (χ1n) is 10.9. The van der Waals surface area contributed by atoms with E-state index in [1.165, 1.54) is 23.9 Å². The van der Waals surface area contributed by atoms with Crippen LogP contribution in [0.3, 0.4) is 0 Å². The van der Waals surface area contributed by atoms with Gasteiger partial charge in [0.25, 0.3) is 0 Å². The van der Waals surface area contributed by atoms with Crippen LogP contribution in [0.15, 0.2) is 47.6 Å². The molecule has 0 saturated carbocycles. The first-order chi connectivity index (χ1) is 15.9. The van der Waals surface area contributed by atoms with Gasteiger partial charge < -0.3 is 19.4 Å². The summed E-state index contributed by atoms with van der Waals surface area (Å²) in [6.45, 7) is 5.39. The fourth-order valence-electron chi connectivity index (χ4n) is 3.64. The monoisotopic (exact) mass is 470 g/mol. The van der Waals surface area contributed by atoms with E-state index >= 15 is 0 Å². The number of fused-ring (bicyclic) bond motifs is 1. The summed E-state index contributed by atoms with van der Waals surface area (Å²) in [5.41, 5.74) is 1.74. The molecule has 1 amide bonds. The fourth-order valence-corrected chi connectivity index (χ4v) is 4.37. The maximum absolute atomic E-state index is 13.2. The Labute approximate surface area is 196 Å². The van der Waals surface area contributed by atoms with Crippen molar-refractivity contribution in [3.63, 3.8) is 0 Å². The molecule has 3 aromatic rings. The summed E-state index contributed by atoms with van der Waals surface area (Å²) in [5.74, 6) is 2.04. The van der Waals surface area contributed by atoms with E-state index < -0.39 is 0 Å². The number of hydrogen-bond donors (Lipinski definition) is 1. The minimum Gasteiger partial charge on any atom is -0.490 e. The molecular weight excluding hydrogens is 443 g/mol. The third-order valence-electron chi connectivity index (χ3n) is 5.38. The number of nitrogens with one attached hydrogen (secondary N) is 1. The normalized spacial score (nSPS) is 14.1. The van der Waals surface area contributed by atoms with Crippen LogP contribution in [0.5, 0.6) is 11.5 Å². The van der Waals surface area contributed by atoms with Crippen LogP contribution in [0.1, 0.15) is 31.9 Å². The molecule has 0 radical (unpaired) electrons. The van der Waals surface area contributed by atoms with Crippen molar-refractivity contribution >= 4 is 17.7 Å². The highest BCUT2D eigenvalue weighted by atomic mass is 32.2. The van der Waals surface area contributed by atoms with Gasteiger partial charge in [0.05, 0.1) is 25.0 Å². The molecule has 1 N–H and O–H groups in total. The molecular formula is C24H27FN4O3S. The van der Waals surface area contributed by atoms with Crippen LogP contribution in [0.2, 0.25) is 0 Å². The average Bonchev–Trinajstić information content (AvgIpc) is 3.01. The highest BCUT2D eigenvalue weighted by molar-refractivity contribution is 7.99. The molecule has 1 atom stereocenters. The summed E-state index contributed by atoms with van der Waals surface area (Å²) < 4.78 is 26.5. The van der Waals surface area contributed by atoms with Crippen LogP contribution in [0.4, 0.5) is 4.39 Å². The molecule has 2 heterocycles. The molecule has 33 heavy (non-hydrogen) atoms. The Kier molecular flexibility index (Phi) is 7.17. The lowest BCUT2D eigenvalue weighted by molar-refractivity contribution is -0.119. The van der Waals surface area contributed by atoms with Gasteiger partial charge in [0.2, 0.25) is 5.91 Å². The van der Waals surface area contributed by atoms with Crippen molar-refractivity contribution in [2.75, 3.05) is 19.0 Å². The second-order valence-corrected chi connectivity index (χ2v) is 9.15. The van der Waals surface area contributed by atoms with Crippen LogP contribution < -0.4 is 14.8 Å². The van der Waals surface area contributed by atoms with Gasteiger partial charge in [-0.1, -0.05) is 31.7 Å². The summed E-state index contributed by atoms with van der Waals surface area (Å²) >= 11 is 1.31. The molecule has 174 valence electrons. The van der Waals surface area contributed by atoms with Gasteiger partial charge in [-0.15, -0.1) is 10.2 Å². The lowest BCUT2D eigenvalue weighted by Gasteiger charge is -2.24. The summed E-state index contributed by atoms with van der Waals surface area (Å²) in [4.78, 5) is 12.8. The lowest BCUT2D eigenvalue weighted by atomic mass is 9.95. The molecule has 9 heteroatoms. The maximum atomic E-state index is 13.2. The van der Waals surface area contributed by atoms with Gasteiger partial charge in [0.15, 0.2) is 22.5 Å². The number of rotatable bonds is 7. The van der Waals surface area contributed by atoms with Gasteiger partial charge in [-0.2, -0.15) is 0 Å². The van der Waals surface area contributed by atoms with Crippen molar-refractivity contribution < 1.29 is 18.7 Å². The number of halogens is 1. The van der Waals surface area contributed by atoms with Crippen molar-refractivity contribution in [2.24, 2.45) is 13.0 Å². The number of carbonyl (C=O) groups is 1. The smallest absolute Gasteiger partial charge is 0.230 e. The van der Waals surface area contributed by atoms with Crippen molar-refractivity contribution in [3.8, 4) is 22.9 Å². The van der Waals surface area contributed by atoms with Gasteiger partial charge in [-0.3, -0.25) is 4.79 Å². The van der Waals surface area contributed by atoms with E-state index in [4.69, 9.17) is 9.47 Å². The van der Waals surface area contributed by atoms with Crippen LogP contribution in [0, 0.1) is 11.7 Å². The quantitative estimate of drug-likeness (QED) is 0.516. The standard InChI is InChI=1S/C24H27FN4O3S/c1-15(2)22(17-7-10-19-20(13-17)32-12-4-11-31-19)26-21(30)14-33-24-28-27-23(29(24)3)16-5-8-18(25)9-6-16/h5-10,13,15,22H,4,11-12,14H2,1-3H3,(H,26,30)/t22-/m1/s1. The van der Waals surface area contributed by atoms with Crippen molar-refractivity contribution in [2.45, 2.75) is 31.5 Å². The third-order valence-corrected chi connectivity index (χ3v) is 6.40. The number of benzene rings is 2. The zero-order valence-corrected chi connectivity index (χ0v) is 19.7. The number of hydrogen-bond acceptors (Lipinski definition) is 6. The van der Waals surface area contributed by atoms with Gasteiger partial charge in [0, 0.05) is 19.0 Å². The molecule has 0 saturated heterocycles. The number of nitrogens with zero attached hydrogens (tertiary/aromatic N) is 3. The van der Waals surface area contributed by atoms with Gasteiger partial charge in [0.1, 0.15) is 5.82 Å². The SMILES string of the molecule is CC(C)[C@@H](NC(=O)CSc1nnc(-c2ccc(F)cc2)n1C)c1ccc2c(c1)OCCCO2. The molecule has 2 aromatic carbocycles. The number of amides is 1. The largest absolute Gasteiger partial charge is 0.490 e. The Morgan fingerprint density at radius 3 is 2.58 bits per heavy atom. The van der Waals surface area contributed by atoms with Crippen LogP contribution in [-0.2, 0) is 11.8 Å². The number of thioether (sulfide) groups is 1. The van der Waals surface area contributed by atoms with Gasteiger partial charge in [-0.05, 0) is 47.9 Å². The highest BCUT2D eigenvalue weighted by Crippen LogP contribution is 2.34. The number of aromatic nitrogens is 3. The molecule has 1 aliphatic rings. The molecule has 1 aliphatic heterocycles. The summed E-state index contributed by atoms with van der Waals surface area (Å²) in [5, 5.41) is 12.1. The van der Waals surface area contributed by atoms with E-state index in [2.05, 4.69) is 29.4 Å². The van der Waals surface area contributed by atoms with Gasteiger partial charge in [-0.25, -0.2) is 4.39 Å². The lowest BCUT2D eigenvalue weighted by Crippen LogP contribution is -2.33. The van der Waals surface area contributed by atoms with E-state index in [0.29, 0.717) is 29.9 Å². The Hall–Kier alpha value is -3.07. The number of carbonyl (C=O) groups excluding carboxylic acids is 1. The predicted octanol–water partition coefficient (Wildman–Crippen LogP) is 4.39.